The molecule has 2 rings (SSSR count). The molecule has 102 valence electrons. The zero-order chi connectivity index (χ0) is 13.8. The van der Waals surface area contributed by atoms with Crippen LogP contribution in [0.1, 0.15) is 31.0 Å². The Bertz CT molecular complexity index is 557. The fourth-order valence-corrected chi connectivity index (χ4v) is 2.42. The lowest BCUT2D eigenvalue weighted by Gasteiger charge is -2.13. The molecule has 0 aromatic carbocycles. The second kappa shape index (κ2) is 6.37. The van der Waals surface area contributed by atoms with Crippen LogP contribution in [0.2, 0.25) is 10.0 Å². The van der Waals surface area contributed by atoms with E-state index < -0.39 is 6.10 Å². The standard InChI is InChI=1S/C13H15Cl2N3O/c1-2-4-18-5-3-16-12(18)7-11(19)13-10(15)6-9(14)8-17-13/h3,5-6,8,11,19H,2,4,7H2,1H3. The van der Waals surface area contributed by atoms with Gasteiger partial charge in [-0.15, -0.1) is 0 Å². The second-order valence-electron chi connectivity index (χ2n) is 4.28. The zero-order valence-corrected chi connectivity index (χ0v) is 12.1. The van der Waals surface area contributed by atoms with Crippen LogP contribution in [0, 0.1) is 0 Å². The summed E-state index contributed by atoms with van der Waals surface area (Å²) >= 11 is 11.8. The topological polar surface area (TPSA) is 50.9 Å². The van der Waals surface area contributed by atoms with E-state index in [-0.39, 0.29) is 0 Å². The van der Waals surface area contributed by atoms with E-state index in [0.717, 1.165) is 18.8 Å². The van der Waals surface area contributed by atoms with Gasteiger partial charge in [-0.25, -0.2) is 4.98 Å². The first kappa shape index (κ1) is 14.3. The maximum atomic E-state index is 10.2. The van der Waals surface area contributed by atoms with Gasteiger partial charge in [-0.2, -0.15) is 0 Å². The highest BCUT2D eigenvalue weighted by molar-refractivity contribution is 6.34. The van der Waals surface area contributed by atoms with E-state index >= 15 is 0 Å². The summed E-state index contributed by atoms with van der Waals surface area (Å²) in [7, 11) is 0. The van der Waals surface area contributed by atoms with Crippen LogP contribution in [-0.2, 0) is 13.0 Å². The third kappa shape index (κ3) is 3.47. The lowest BCUT2D eigenvalue weighted by Crippen LogP contribution is -2.10. The summed E-state index contributed by atoms with van der Waals surface area (Å²) in [5.74, 6) is 0.821. The minimum atomic E-state index is -0.789. The second-order valence-corrected chi connectivity index (χ2v) is 5.12. The maximum absolute atomic E-state index is 10.2. The summed E-state index contributed by atoms with van der Waals surface area (Å²) in [6, 6.07) is 1.58. The number of aliphatic hydroxyl groups is 1. The van der Waals surface area contributed by atoms with E-state index in [1.807, 2.05) is 10.8 Å². The van der Waals surface area contributed by atoms with Crippen LogP contribution in [0.4, 0.5) is 0 Å². The van der Waals surface area contributed by atoms with Gasteiger partial charge >= 0.3 is 0 Å². The van der Waals surface area contributed by atoms with Gasteiger partial charge in [0.1, 0.15) is 11.9 Å². The molecular weight excluding hydrogens is 285 g/mol. The summed E-state index contributed by atoms with van der Waals surface area (Å²) in [4.78, 5) is 8.34. The van der Waals surface area contributed by atoms with Gasteiger partial charge in [-0.05, 0) is 12.5 Å². The van der Waals surface area contributed by atoms with Crippen LogP contribution in [0.25, 0.3) is 0 Å². The van der Waals surface area contributed by atoms with Crippen molar-refractivity contribution in [2.45, 2.75) is 32.4 Å². The normalized spacial score (nSPS) is 12.6. The van der Waals surface area contributed by atoms with E-state index in [2.05, 4.69) is 16.9 Å². The molecule has 2 heterocycles. The molecule has 0 bridgehead atoms. The van der Waals surface area contributed by atoms with Gasteiger partial charge in [-0.3, -0.25) is 4.98 Å². The first-order chi connectivity index (χ1) is 9.11. The molecule has 1 N–H and O–H groups in total. The van der Waals surface area contributed by atoms with Crippen molar-refractivity contribution >= 4 is 23.2 Å². The molecule has 2 aromatic heterocycles. The van der Waals surface area contributed by atoms with Gasteiger partial charge in [0.2, 0.25) is 0 Å². The summed E-state index contributed by atoms with van der Waals surface area (Å²) in [6.07, 6.45) is 5.71. The Balaban J connectivity index is 2.16. The molecule has 4 nitrogen and oxygen atoms in total. The lowest BCUT2D eigenvalue weighted by molar-refractivity contribution is 0.170. The smallest absolute Gasteiger partial charge is 0.111 e. The lowest BCUT2D eigenvalue weighted by atomic mass is 10.1. The SMILES string of the molecule is CCCn1ccnc1CC(O)c1ncc(Cl)cc1Cl. The highest BCUT2D eigenvalue weighted by atomic mass is 35.5. The van der Waals surface area contributed by atoms with E-state index in [1.165, 1.54) is 6.20 Å². The monoisotopic (exact) mass is 299 g/mol. The number of imidazole rings is 1. The molecular formula is C13H15Cl2N3O. The molecule has 1 unspecified atom stereocenters. The summed E-state index contributed by atoms with van der Waals surface area (Å²) in [5, 5.41) is 11.0. The molecule has 0 aliphatic rings. The van der Waals surface area contributed by atoms with Crippen molar-refractivity contribution < 1.29 is 5.11 Å². The molecule has 0 saturated heterocycles. The van der Waals surface area contributed by atoms with E-state index in [1.54, 1.807) is 12.3 Å². The number of aryl methyl sites for hydroxylation is 1. The van der Waals surface area contributed by atoms with Crippen LogP contribution >= 0.6 is 23.2 Å². The Hall–Kier alpha value is -1.10. The molecule has 2 aromatic rings. The third-order valence-corrected chi connectivity index (χ3v) is 3.30. The van der Waals surface area contributed by atoms with Crippen molar-refractivity contribution in [3.8, 4) is 0 Å². The van der Waals surface area contributed by atoms with Gasteiger partial charge < -0.3 is 9.67 Å². The number of hydrogen-bond donors (Lipinski definition) is 1. The van der Waals surface area contributed by atoms with Crippen molar-refractivity contribution in [1.29, 1.82) is 0 Å². The van der Waals surface area contributed by atoms with Crippen LogP contribution in [0.3, 0.4) is 0 Å². The Labute approximate surface area is 122 Å². The van der Waals surface area contributed by atoms with Crippen molar-refractivity contribution in [2.24, 2.45) is 0 Å². The minimum Gasteiger partial charge on any atom is -0.386 e. The van der Waals surface area contributed by atoms with Gasteiger partial charge in [0, 0.05) is 31.6 Å². The molecule has 0 saturated carbocycles. The largest absolute Gasteiger partial charge is 0.386 e. The first-order valence-electron chi connectivity index (χ1n) is 6.10. The minimum absolute atomic E-state index is 0.369. The van der Waals surface area contributed by atoms with Crippen molar-refractivity contribution in [1.82, 2.24) is 14.5 Å². The predicted molar refractivity (Wildman–Crippen MR) is 75.4 cm³/mol. The van der Waals surface area contributed by atoms with Gasteiger partial charge in [0.05, 0.1) is 15.7 Å². The van der Waals surface area contributed by atoms with E-state index in [4.69, 9.17) is 23.2 Å². The van der Waals surface area contributed by atoms with Crippen molar-refractivity contribution in [3.05, 3.63) is 46.2 Å². The Morgan fingerprint density at radius 1 is 1.37 bits per heavy atom. The number of hydrogen-bond acceptors (Lipinski definition) is 3. The Morgan fingerprint density at radius 2 is 2.16 bits per heavy atom. The fourth-order valence-electron chi connectivity index (χ4n) is 1.91. The quantitative estimate of drug-likeness (QED) is 0.922. The summed E-state index contributed by atoms with van der Waals surface area (Å²) < 4.78 is 2.02. The number of aromatic nitrogens is 3. The number of nitrogens with zero attached hydrogens (tertiary/aromatic N) is 3. The number of aliphatic hydroxyl groups excluding tert-OH is 1. The van der Waals surface area contributed by atoms with Gasteiger partial charge in [0.25, 0.3) is 0 Å². The highest BCUT2D eigenvalue weighted by Gasteiger charge is 2.16. The molecule has 0 radical (unpaired) electrons. The summed E-state index contributed by atoms with van der Waals surface area (Å²) in [6.45, 7) is 2.97. The van der Waals surface area contributed by atoms with Crippen molar-refractivity contribution in [3.63, 3.8) is 0 Å². The number of pyridine rings is 1. The predicted octanol–water partition coefficient (Wildman–Crippen LogP) is 3.27. The van der Waals surface area contributed by atoms with Crippen LogP contribution in [0.15, 0.2) is 24.7 Å². The molecule has 1 atom stereocenters. The molecule has 0 amide bonds. The molecule has 0 aliphatic carbocycles. The Morgan fingerprint density at radius 3 is 2.84 bits per heavy atom. The zero-order valence-electron chi connectivity index (χ0n) is 10.6. The maximum Gasteiger partial charge on any atom is 0.111 e. The molecule has 19 heavy (non-hydrogen) atoms. The van der Waals surface area contributed by atoms with Gasteiger partial charge in [-0.1, -0.05) is 30.1 Å². The fraction of sp³-hybridized carbons (Fsp3) is 0.385. The average molecular weight is 300 g/mol. The van der Waals surface area contributed by atoms with Crippen LogP contribution < -0.4 is 0 Å². The highest BCUT2D eigenvalue weighted by Crippen LogP contribution is 2.25. The van der Waals surface area contributed by atoms with Crippen molar-refractivity contribution in [2.75, 3.05) is 0 Å². The van der Waals surface area contributed by atoms with Crippen LogP contribution in [0.5, 0.6) is 0 Å². The molecule has 6 heteroatoms. The number of halogens is 2. The molecule has 0 fully saturated rings. The number of rotatable bonds is 5. The average Bonchev–Trinajstić information content (AvgIpc) is 2.77. The first-order valence-corrected chi connectivity index (χ1v) is 6.86. The van der Waals surface area contributed by atoms with Crippen LogP contribution in [-0.4, -0.2) is 19.6 Å². The Kier molecular flexibility index (Phi) is 4.80. The summed E-state index contributed by atoms with van der Waals surface area (Å²) in [5.41, 5.74) is 0.428. The molecule has 0 aliphatic heterocycles. The van der Waals surface area contributed by atoms with E-state index in [0.29, 0.717) is 22.2 Å². The third-order valence-electron chi connectivity index (χ3n) is 2.79. The van der Waals surface area contributed by atoms with Gasteiger partial charge in [0.15, 0.2) is 0 Å². The molecule has 0 spiro atoms. The van der Waals surface area contributed by atoms with E-state index in [9.17, 15) is 5.11 Å².